The van der Waals surface area contributed by atoms with Gasteiger partial charge in [-0.3, -0.25) is 4.79 Å². The molecule has 7 nitrogen and oxygen atoms in total. The monoisotopic (exact) mass is 424 g/mol. The van der Waals surface area contributed by atoms with Gasteiger partial charge in [0, 0.05) is 0 Å². The van der Waals surface area contributed by atoms with Crippen LogP contribution in [0.4, 0.5) is 4.79 Å². The lowest BCUT2D eigenvalue weighted by Crippen LogP contribution is -2.45. The Labute approximate surface area is 182 Å². The van der Waals surface area contributed by atoms with E-state index in [4.69, 9.17) is 14.2 Å². The highest BCUT2D eigenvalue weighted by Gasteiger charge is 2.27. The first-order valence-corrected chi connectivity index (χ1v) is 10.2. The predicted octanol–water partition coefficient (Wildman–Crippen LogP) is 3.98. The third-order valence-corrected chi connectivity index (χ3v) is 4.28. The Kier molecular flexibility index (Phi) is 10.1. The molecule has 2 rings (SSSR count). The maximum atomic E-state index is 12.6. The van der Waals surface area contributed by atoms with Crippen LogP contribution in [0.2, 0.25) is 0 Å². The number of nitrogens with zero attached hydrogens (tertiary/aromatic N) is 1. The second kappa shape index (κ2) is 13.0. The molecule has 0 saturated heterocycles. The number of amides is 1. The number of benzene rings is 2. The van der Waals surface area contributed by atoms with Crippen molar-refractivity contribution in [2.24, 2.45) is 5.92 Å². The summed E-state index contributed by atoms with van der Waals surface area (Å²) in [5.41, 5.74) is 1.78. The second-order valence-electron chi connectivity index (χ2n) is 7.45. The van der Waals surface area contributed by atoms with Crippen LogP contribution in [-0.2, 0) is 32.2 Å². The van der Waals surface area contributed by atoms with Gasteiger partial charge < -0.3 is 19.5 Å². The number of rotatable bonds is 11. The second-order valence-corrected chi connectivity index (χ2v) is 7.45. The molecule has 0 aromatic heterocycles. The molecular weight excluding hydrogens is 396 g/mol. The van der Waals surface area contributed by atoms with Crippen molar-refractivity contribution in [3.63, 3.8) is 0 Å². The average molecular weight is 424 g/mol. The van der Waals surface area contributed by atoms with Crippen molar-refractivity contribution in [1.82, 2.24) is 5.32 Å². The van der Waals surface area contributed by atoms with Crippen LogP contribution < -0.4 is 5.32 Å². The zero-order chi connectivity index (χ0) is 22.5. The third-order valence-electron chi connectivity index (χ3n) is 4.28. The van der Waals surface area contributed by atoms with Crippen LogP contribution in [-0.4, -0.2) is 30.8 Å². The van der Waals surface area contributed by atoms with E-state index in [1.165, 1.54) is 0 Å². The third kappa shape index (κ3) is 9.32. The number of hydrogen-bond donors (Lipinski definition) is 1. The van der Waals surface area contributed by atoms with E-state index >= 15 is 0 Å². The van der Waals surface area contributed by atoms with E-state index in [0.29, 0.717) is 13.0 Å². The SMILES string of the molecule is CC(C)CC(OC(=O)OCc1ccccc1)C(=O)NC(C#N)COCc1ccccc1. The minimum Gasteiger partial charge on any atom is -0.429 e. The van der Waals surface area contributed by atoms with Gasteiger partial charge in [0.2, 0.25) is 0 Å². The Hall–Kier alpha value is -3.37. The molecule has 0 fully saturated rings. The molecule has 0 aliphatic heterocycles. The Bertz CT molecular complexity index is 849. The highest BCUT2D eigenvalue weighted by Crippen LogP contribution is 2.11. The lowest BCUT2D eigenvalue weighted by Gasteiger charge is -2.20. The summed E-state index contributed by atoms with van der Waals surface area (Å²) >= 11 is 0. The summed E-state index contributed by atoms with van der Waals surface area (Å²) in [4.78, 5) is 24.7. The van der Waals surface area contributed by atoms with Crippen LogP contribution >= 0.6 is 0 Å². The van der Waals surface area contributed by atoms with Crippen molar-refractivity contribution in [3.8, 4) is 6.07 Å². The van der Waals surface area contributed by atoms with Crippen LogP contribution in [0.3, 0.4) is 0 Å². The van der Waals surface area contributed by atoms with Crippen LogP contribution in [0.5, 0.6) is 0 Å². The summed E-state index contributed by atoms with van der Waals surface area (Å²) in [5.74, 6) is -0.465. The molecule has 2 aromatic rings. The van der Waals surface area contributed by atoms with Crippen LogP contribution in [0.1, 0.15) is 31.4 Å². The molecule has 0 saturated carbocycles. The fourth-order valence-corrected chi connectivity index (χ4v) is 2.75. The van der Waals surface area contributed by atoms with Crippen molar-refractivity contribution in [3.05, 3.63) is 71.8 Å². The molecule has 0 heterocycles. The van der Waals surface area contributed by atoms with Gasteiger partial charge in [0.25, 0.3) is 5.91 Å². The van der Waals surface area contributed by atoms with Crippen LogP contribution in [0, 0.1) is 17.2 Å². The summed E-state index contributed by atoms with van der Waals surface area (Å²) in [6.45, 7) is 4.20. The van der Waals surface area contributed by atoms with Crippen molar-refractivity contribution in [2.45, 2.75) is 45.6 Å². The van der Waals surface area contributed by atoms with E-state index in [2.05, 4.69) is 5.32 Å². The Morgan fingerprint density at radius 2 is 1.55 bits per heavy atom. The molecule has 1 N–H and O–H groups in total. The van der Waals surface area contributed by atoms with Gasteiger partial charge in [-0.1, -0.05) is 74.5 Å². The topological polar surface area (TPSA) is 97.6 Å². The Morgan fingerprint density at radius 3 is 2.10 bits per heavy atom. The highest BCUT2D eigenvalue weighted by atomic mass is 16.7. The van der Waals surface area contributed by atoms with Gasteiger partial charge in [0.05, 0.1) is 19.3 Å². The number of carbonyl (C=O) groups excluding carboxylic acids is 2. The lowest BCUT2D eigenvalue weighted by atomic mass is 10.1. The fraction of sp³-hybridized carbons (Fsp3) is 0.375. The molecule has 0 bridgehead atoms. The highest BCUT2D eigenvalue weighted by molar-refractivity contribution is 5.83. The minimum atomic E-state index is -1.06. The van der Waals surface area contributed by atoms with Crippen LogP contribution in [0.15, 0.2) is 60.7 Å². The lowest BCUT2D eigenvalue weighted by molar-refractivity contribution is -0.132. The molecule has 0 aliphatic carbocycles. The molecule has 0 radical (unpaired) electrons. The standard InChI is InChI=1S/C24H28N2O5/c1-18(2)13-22(31-24(28)30-16-20-11-7-4-8-12-20)23(27)26-21(14-25)17-29-15-19-9-5-3-6-10-19/h3-12,18,21-22H,13,15-17H2,1-2H3,(H,26,27). The average Bonchev–Trinajstić information content (AvgIpc) is 2.77. The smallest absolute Gasteiger partial charge is 0.429 e. The Morgan fingerprint density at radius 1 is 0.968 bits per heavy atom. The molecule has 2 unspecified atom stereocenters. The van der Waals surface area contributed by atoms with Gasteiger partial charge in [0.1, 0.15) is 12.6 Å². The first kappa shape index (κ1) is 23.9. The van der Waals surface area contributed by atoms with Crippen molar-refractivity contribution in [1.29, 1.82) is 5.26 Å². The van der Waals surface area contributed by atoms with Gasteiger partial charge in [0.15, 0.2) is 6.10 Å². The Balaban J connectivity index is 1.85. The number of nitrogens with one attached hydrogen (secondary N) is 1. The van der Waals surface area contributed by atoms with Gasteiger partial charge in [-0.25, -0.2) is 4.79 Å². The molecule has 0 spiro atoms. The maximum absolute atomic E-state index is 12.6. The zero-order valence-corrected chi connectivity index (χ0v) is 17.8. The zero-order valence-electron chi connectivity index (χ0n) is 17.8. The number of nitriles is 1. The van der Waals surface area contributed by atoms with E-state index < -0.39 is 24.2 Å². The van der Waals surface area contributed by atoms with E-state index in [1.807, 2.05) is 80.6 Å². The molecule has 31 heavy (non-hydrogen) atoms. The van der Waals surface area contributed by atoms with Gasteiger partial charge >= 0.3 is 6.16 Å². The van der Waals surface area contributed by atoms with E-state index in [9.17, 15) is 14.9 Å². The van der Waals surface area contributed by atoms with E-state index in [-0.39, 0.29) is 19.1 Å². The van der Waals surface area contributed by atoms with Gasteiger partial charge in [-0.15, -0.1) is 0 Å². The van der Waals surface area contributed by atoms with Crippen molar-refractivity contribution < 1.29 is 23.8 Å². The summed E-state index contributed by atoms with van der Waals surface area (Å²) in [6.07, 6.45) is -1.69. The van der Waals surface area contributed by atoms with Crippen LogP contribution in [0.25, 0.3) is 0 Å². The predicted molar refractivity (Wildman–Crippen MR) is 115 cm³/mol. The van der Waals surface area contributed by atoms with E-state index in [0.717, 1.165) is 11.1 Å². The number of carbonyl (C=O) groups is 2. The molecule has 2 atom stereocenters. The molecule has 0 aliphatic rings. The van der Waals surface area contributed by atoms with E-state index in [1.54, 1.807) is 0 Å². The molecule has 1 amide bonds. The molecular formula is C24H28N2O5. The first-order valence-electron chi connectivity index (χ1n) is 10.2. The fourth-order valence-electron chi connectivity index (χ4n) is 2.75. The quantitative estimate of drug-likeness (QED) is 0.548. The summed E-state index contributed by atoms with van der Waals surface area (Å²) in [6, 6.07) is 19.8. The maximum Gasteiger partial charge on any atom is 0.509 e. The summed E-state index contributed by atoms with van der Waals surface area (Å²) in [5, 5.41) is 11.9. The minimum absolute atomic E-state index is 0.0178. The van der Waals surface area contributed by atoms with Gasteiger partial charge in [-0.2, -0.15) is 5.26 Å². The normalized spacial score (nSPS) is 12.5. The van der Waals surface area contributed by atoms with Crippen molar-refractivity contribution in [2.75, 3.05) is 6.61 Å². The molecule has 2 aromatic carbocycles. The molecule has 7 heteroatoms. The van der Waals surface area contributed by atoms with Gasteiger partial charge in [-0.05, 0) is 23.5 Å². The number of ether oxygens (including phenoxy) is 3. The first-order chi connectivity index (χ1) is 15.0. The van der Waals surface area contributed by atoms with Crippen molar-refractivity contribution >= 4 is 12.1 Å². The summed E-state index contributed by atoms with van der Waals surface area (Å²) in [7, 11) is 0. The molecule has 164 valence electrons. The largest absolute Gasteiger partial charge is 0.509 e. The number of hydrogen-bond acceptors (Lipinski definition) is 6. The summed E-state index contributed by atoms with van der Waals surface area (Å²) < 4.78 is 15.9.